The number of halogens is 1. The minimum atomic E-state index is 0.126. The Hall–Kier alpha value is -0.830. The SMILES string of the molecule is CC(=O)N1CCc2cc(Br)ccc21. The maximum absolute atomic E-state index is 11.2. The molecule has 0 saturated carbocycles. The molecule has 0 unspecified atom stereocenters. The van der Waals surface area contributed by atoms with Gasteiger partial charge in [-0.3, -0.25) is 4.79 Å². The molecule has 0 fully saturated rings. The molecule has 0 saturated heterocycles. The van der Waals surface area contributed by atoms with Gasteiger partial charge in [-0.1, -0.05) is 15.9 Å². The second-order valence-corrected chi connectivity index (χ2v) is 4.11. The van der Waals surface area contributed by atoms with Gasteiger partial charge >= 0.3 is 0 Å². The van der Waals surface area contributed by atoms with Crippen molar-refractivity contribution in [2.75, 3.05) is 11.4 Å². The Morgan fingerprint density at radius 1 is 1.54 bits per heavy atom. The zero-order chi connectivity index (χ0) is 9.42. The molecule has 3 heteroatoms. The summed E-state index contributed by atoms with van der Waals surface area (Å²) in [7, 11) is 0. The molecule has 0 atom stereocenters. The molecule has 0 aromatic heterocycles. The fraction of sp³-hybridized carbons (Fsp3) is 0.300. The molecule has 0 radical (unpaired) electrons. The number of fused-ring (bicyclic) bond motifs is 1. The van der Waals surface area contributed by atoms with Gasteiger partial charge in [-0.15, -0.1) is 0 Å². The van der Waals surface area contributed by atoms with Crippen LogP contribution in [0.25, 0.3) is 0 Å². The molecule has 1 aliphatic rings. The summed E-state index contributed by atoms with van der Waals surface area (Å²) >= 11 is 3.42. The number of carbonyl (C=O) groups is 1. The number of rotatable bonds is 0. The van der Waals surface area contributed by atoms with Gasteiger partial charge in [0.1, 0.15) is 0 Å². The molecule has 1 aromatic carbocycles. The summed E-state index contributed by atoms with van der Waals surface area (Å²) in [6.45, 7) is 2.43. The molecular weight excluding hydrogens is 230 g/mol. The second-order valence-electron chi connectivity index (χ2n) is 3.19. The van der Waals surface area contributed by atoms with Crippen molar-refractivity contribution < 1.29 is 4.79 Å². The van der Waals surface area contributed by atoms with Crippen LogP contribution in [0.2, 0.25) is 0 Å². The number of nitrogens with zero attached hydrogens (tertiary/aromatic N) is 1. The lowest BCUT2D eigenvalue weighted by molar-refractivity contribution is -0.116. The van der Waals surface area contributed by atoms with E-state index in [1.165, 1.54) is 5.56 Å². The molecule has 1 aliphatic heterocycles. The van der Waals surface area contributed by atoms with Crippen molar-refractivity contribution in [3.05, 3.63) is 28.2 Å². The largest absolute Gasteiger partial charge is 0.312 e. The summed E-state index contributed by atoms with van der Waals surface area (Å²) in [6.07, 6.45) is 0.967. The highest BCUT2D eigenvalue weighted by molar-refractivity contribution is 9.10. The fourth-order valence-electron chi connectivity index (χ4n) is 1.70. The summed E-state index contributed by atoms with van der Waals surface area (Å²) in [5, 5.41) is 0. The Balaban J connectivity index is 2.44. The second kappa shape index (κ2) is 3.14. The Kier molecular flexibility index (Phi) is 2.12. The average molecular weight is 240 g/mol. The van der Waals surface area contributed by atoms with E-state index in [2.05, 4.69) is 22.0 Å². The summed E-state index contributed by atoms with van der Waals surface area (Å²) in [4.78, 5) is 13.0. The summed E-state index contributed by atoms with van der Waals surface area (Å²) in [5.41, 5.74) is 2.32. The van der Waals surface area contributed by atoms with Crippen molar-refractivity contribution in [1.82, 2.24) is 0 Å². The molecule has 0 N–H and O–H groups in total. The molecule has 1 heterocycles. The van der Waals surface area contributed by atoms with E-state index in [9.17, 15) is 4.79 Å². The first-order valence-corrected chi connectivity index (χ1v) is 5.04. The average Bonchev–Trinajstić information content (AvgIpc) is 2.46. The molecule has 2 nitrogen and oxygen atoms in total. The van der Waals surface area contributed by atoms with Crippen LogP contribution in [-0.2, 0) is 11.2 Å². The molecular formula is C10H10BrNO. The fourth-order valence-corrected chi connectivity index (χ4v) is 2.11. The first-order chi connectivity index (χ1) is 6.18. The molecule has 0 aliphatic carbocycles. The maximum atomic E-state index is 11.2. The van der Waals surface area contributed by atoms with Crippen molar-refractivity contribution in [3.63, 3.8) is 0 Å². The number of carbonyl (C=O) groups excluding carboxylic acids is 1. The molecule has 2 rings (SSSR count). The normalized spacial score (nSPS) is 14.5. The predicted octanol–water partition coefficient (Wildman–Crippen LogP) is 2.36. The van der Waals surface area contributed by atoms with Gasteiger partial charge in [0, 0.05) is 23.6 Å². The van der Waals surface area contributed by atoms with Gasteiger partial charge in [0.2, 0.25) is 5.91 Å². The summed E-state index contributed by atoms with van der Waals surface area (Å²) in [5.74, 6) is 0.126. The van der Waals surface area contributed by atoms with Gasteiger partial charge in [-0.05, 0) is 30.2 Å². The van der Waals surface area contributed by atoms with Gasteiger partial charge in [0.25, 0.3) is 0 Å². The third-order valence-corrected chi connectivity index (χ3v) is 2.81. The number of hydrogen-bond donors (Lipinski definition) is 0. The third kappa shape index (κ3) is 1.48. The Bertz CT molecular complexity index is 362. The molecule has 0 spiro atoms. The van der Waals surface area contributed by atoms with Crippen LogP contribution in [0.4, 0.5) is 5.69 Å². The molecule has 1 aromatic rings. The molecule has 13 heavy (non-hydrogen) atoms. The monoisotopic (exact) mass is 239 g/mol. The Morgan fingerprint density at radius 2 is 2.31 bits per heavy atom. The van der Waals surface area contributed by atoms with Crippen LogP contribution in [0, 0.1) is 0 Å². The van der Waals surface area contributed by atoms with Crippen LogP contribution < -0.4 is 4.90 Å². The van der Waals surface area contributed by atoms with Crippen LogP contribution in [0.5, 0.6) is 0 Å². The number of amides is 1. The van der Waals surface area contributed by atoms with Gasteiger partial charge < -0.3 is 4.90 Å². The van der Waals surface area contributed by atoms with Crippen molar-refractivity contribution >= 4 is 27.5 Å². The minimum absolute atomic E-state index is 0.126. The zero-order valence-corrected chi connectivity index (χ0v) is 8.97. The quantitative estimate of drug-likeness (QED) is 0.681. The highest BCUT2D eigenvalue weighted by Crippen LogP contribution is 2.30. The number of benzene rings is 1. The lowest BCUT2D eigenvalue weighted by Gasteiger charge is -2.14. The van der Waals surface area contributed by atoms with Crippen molar-refractivity contribution in [2.45, 2.75) is 13.3 Å². The Morgan fingerprint density at radius 3 is 3.00 bits per heavy atom. The molecule has 1 amide bonds. The van der Waals surface area contributed by atoms with Crippen LogP contribution in [0.3, 0.4) is 0 Å². The summed E-state index contributed by atoms with van der Waals surface area (Å²) in [6, 6.07) is 6.05. The van der Waals surface area contributed by atoms with E-state index >= 15 is 0 Å². The molecule has 68 valence electrons. The first kappa shape index (κ1) is 8.75. The van der Waals surface area contributed by atoms with Crippen LogP contribution in [0.1, 0.15) is 12.5 Å². The maximum Gasteiger partial charge on any atom is 0.223 e. The smallest absolute Gasteiger partial charge is 0.223 e. The van der Waals surface area contributed by atoms with Crippen molar-refractivity contribution in [1.29, 1.82) is 0 Å². The van der Waals surface area contributed by atoms with Gasteiger partial charge in [0.05, 0.1) is 0 Å². The van der Waals surface area contributed by atoms with E-state index in [1.807, 2.05) is 17.0 Å². The van der Waals surface area contributed by atoms with E-state index in [0.29, 0.717) is 0 Å². The predicted molar refractivity (Wildman–Crippen MR) is 55.9 cm³/mol. The Labute approximate surface area is 85.7 Å². The van der Waals surface area contributed by atoms with Crippen LogP contribution in [-0.4, -0.2) is 12.5 Å². The van der Waals surface area contributed by atoms with Gasteiger partial charge in [0.15, 0.2) is 0 Å². The van der Waals surface area contributed by atoms with E-state index in [4.69, 9.17) is 0 Å². The van der Waals surface area contributed by atoms with E-state index in [1.54, 1.807) is 6.92 Å². The summed E-state index contributed by atoms with van der Waals surface area (Å²) < 4.78 is 1.08. The van der Waals surface area contributed by atoms with Gasteiger partial charge in [-0.2, -0.15) is 0 Å². The van der Waals surface area contributed by atoms with Crippen LogP contribution in [0.15, 0.2) is 22.7 Å². The third-order valence-electron chi connectivity index (χ3n) is 2.32. The highest BCUT2D eigenvalue weighted by Gasteiger charge is 2.21. The minimum Gasteiger partial charge on any atom is -0.312 e. The van der Waals surface area contributed by atoms with E-state index in [0.717, 1.165) is 23.1 Å². The topological polar surface area (TPSA) is 20.3 Å². The van der Waals surface area contributed by atoms with Crippen LogP contribution >= 0.6 is 15.9 Å². The van der Waals surface area contributed by atoms with E-state index < -0.39 is 0 Å². The molecule has 0 bridgehead atoms. The highest BCUT2D eigenvalue weighted by atomic mass is 79.9. The number of anilines is 1. The van der Waals surface area contributed by atoms with Gasteiger partial charge in [-0.25, -0.2) is 0 Å². The lowest BCUT2D eigenvalue weighted by atomic mass is 10.2. The van der Waals surface area contributed by atoms with E-state index in [-0.39, 0.29) is 5.91 Å². The number of hydrogen-bond acceptors (Lipinski definition) is 1. The van der Waals surface area contributed by atoms with Crippen molar-refractivity contribution in [3.8, 4) is 0 Å². The zero-order valence-electron chi connectivity index (χ0n) is 7.38. The van der Waals surface area contributed by atoms with Crippen molar-refractivity contribution in [2.24, 2.45) is 0 Å². The standard InChI is InChI=1S/C10H10BrNO/c1-7(13)12-5-4-8-6-9(11)2-3-10(8)12/h2-3,6H,4-5H2,1H3. The lowest BCUT2D eigenvalue weighted by Crippen LogP contribution is -2.25. The first-order valence-electron chi connectivity index (χ1n) is 4.25.